The van der Waals surface area contributed by atoms with Crippen LogP contribution in [0.3, 0.4) is 0 Å². The number of ketones is 1. The number of alkyl halides is 2. The van der Waals surface area contributed by atoms with Crippen LogP contribution in [0.2, 0.25) is 0 Å². The molecule has 0 aliphatic carbocycles. The molecular weight excluding hydrogens is 485 g/mol. The van der Waals surface area contributed by atoms with Crippen molar-refractivity contribution in [1.29, 1.82) is 0 Å². The molecule has 1 aromatic heterocycles. The first-order valence-corrected chi connectivity index (χ1v) is 11.1. The number of ether oxygens (including phenoxy) is 1. The van der Waals surface area contributed by atoms with Gasteiger partial charge in [0.2, 0.25) is 5.95 Å². The summed E-state index contributed by atoms with van der Waals surface area (Å²) >= 11 is 0. The molecule has 2 aromatic rings. The third-order valence-corrected chi connectivity index (χ3v) is 5.61. The molecule has 0 bridgehead atoms. The van der Waals surface area contributed by atoms with Gasteiger partial charge in [-0.2, -0.15) is 0 Å². The van der Waals surface area contributed by atoms with Crippen molar-refractivity contribution in [2.75, 3.05) is 47.9 Å². The molecule has 0 saturated carbocycles. The summed E-state index contributed by atoms with van der Waals surface area (Å²) in [6, 6.07) is 5.26. The first kappa shape index (κ1) is 25.2. The van der Waals surface area contributed by atoms with E-state index in [9.17, 15) is 23.2 Å². The van der Waals surface area contributed by atoms with E-state index in [0.717, 1.165) is 5.06 Å². The number of Topliss-reactive ketones (excluding diaryl/α,β-unsaturated/α-hetero) is 1. The van der Waals surface area contributed by atoms with E-state index in [-0.39, 0.29) is 50.0 Å². The van der Waals surface area contributed by atoms with E-state index in [2.05, 4.69) is 15.3 Å². The Hall–Kier alpha value is -3.94. The second-order valence-electron chi connectivity index (χ2n) is 7.98. The second-order valence-corrected chi connectivity index (χ2v) is 7.98. The van der Waals surface area contributed by atoms with Crippen molar-refractivity contribution < 1.29 is 37.1 Å². The van der Waals surface area contributed by atoms with Crippen LogP contribution in [0.5, 0.6) is 0 Å². The summed E-state index contributed by atoms with van der Waals surface area (Å²) in [6.07, 6.45) is -2.05. The molecule has 0 radical (unpaired) electrons. The molecule has 11 nitrogen and oxygen atoms in total. The van der Waals surface area contributed by atoms with Crippen molar-refractivity contribution in [1.82, 2.24) is 15.0 Å². The van der Waals surface area contributed by atoms with E-state index in [4.69, 9.17) is 9.57 Å². The van der Waals surface area contributed by atoms with Gasteiger partial charge in [0, 0.05) is 31.9 Å². The Morgan fingerprint density at radius 1 is 1.17 bits per heavy atom. The molecule has 2 fully saturated rings. The van der Waals surface area contributed by atoms with Crippen LogP contribution in [-0.2, 0) is 14.4 Å². The number of hydrogen-bond donors (Lipinski definition) is 1. The number of carbonyl (C=O) groups is 3. The van der Waals surface area contributed by atoms with E-state index < -0.39 is 42.7 Å². The third kappa shape index (κ3) is 6.00. The minimum Gasteiger partial charge on any atom is -0.444 e. The van der Waals surface area contributed by atoms with Crippen LogP contribution < -0.4 is 15.1 Å². The number of benzene rings is 1. The summed E-state index contributed by atoms with van der Waals surface area (Å²) < 4.78 is 44.9. The fourth-order valence-corrected chi connectivity index (χ4v) is 3.79. The monoisotopic (exact) mass is 508 g/mol. The van der Waals surface area contributed by atoms with E-state index in [0.29, 0.717) is 6.54 Å². The Morgan fingerprint density at radius 3 is 2.67 bits per heavy atom. The maximum atomic E-state index is 15.0. The number of anilines is 3. The summed E-state index contributed by atoms with van der Waals surface area (Å²) in [5.74, 6) is -1.70. The van der Waals surface area contributed by atoms with E-state index in [1.807, 2.05) is 0 Å². The first-order valence-electron chi connectivity index (χ1n) is 11.1. The average molecular weight is 508 g/mol. The number of aromatic nitrogens is 2. The zero-order chi connectivity index (χ0) is 25.7. The topological polar surface area (TPSA) is 117 Å². The first-order chi connectivity index (χ1) is 17.3. The van der Waals surface area contributed by atoms with Crippen LogP contribution >= 0.6 is 0 Å². The Kier molecular flexibility index (Phi) is 7.83. The Balaban J connectivity index is 1.35. The largest absolute Gasteiger partial charge is 0.444 e. The molecule has 1 aromatic carbocycles. The maximum absolute atomic E-state index is 15.0. The second kappa shape index (κ2) is 11.2. The average Bonchev–Trinajstić information content (AvgIpc) is 3.07. The number of carbonyl (C=O) groups excluding carboxylic acids is 3. The summed E-state index contributed by atoms with van der Waals surface area (Å²) in [6.45, 7) is 0.832. The zero-order valence-electron chi connectivity index (χ0n) is 19.0. The lowest BCUT2D eigenvalue weighted by molar-refractivity contribution is -0.129. The number of amides is 3. The lowest BCUT2D eigenvalue weighted by Crippen LogP contribution is -2.37. The molecule has 0 unspecified atom stereocenters. The standard InChI is InChI=1S/C22H23F3N6O5/c23-16-12-14(30-13-15(36-22(30)34)3-5-18(32)19(24)25)2-4-17(16)29-8-9-31(35-11-10-29)21(33)28-20-26-6-1-7-27-20/h1-2,4,6-7,12,15,19H,3,5,8-11,13H2,(H,26,27,28,33)/t15-/m0/s1. The highest BCUT2D eigenvalue weighted by molar-refractivity contribution is 5.90. The molecular formula is C22H23F3N6O5. The van der Waals surface area contributed by atoms with Gasteiger partial charge in [0.1, 0.15) is 11.9 Å². The van der Waals surface area contributed by atoms with Crippen molar-refractivity contribution in [2.45, 2.75) is 25.4 Å². The number of nitrogens with one attached hydrogen (secondary N) is 1. The number of hydrogen-bond acceptors (Lipinski definition) is 8. The molecule has 3 heterocycles. The van der Waals surface area contributed by atoms with E-state index in [1.54, 1.807) is 11.0 Å². The van der Waals surface area contributed by atoms with Crippen molar-refractivity contribution >= 4 is 35.2 Å². The van der Waals surface area contributed by atoms with Gasteiger partial charge in [0.25, 0.3) is 6.43 Å². The van der Waals surface area contributed by atoms with Crippen LogP contribution in [0.1, 0.15) is 12.8 Å². The minimum absolute atomic E-state index is 0.0148. The molecule has 36 heavy (non-hydrogen) atoms. The van der Waals surface area contributed by atoms with Gasteiger partial charge in [0.15, 0.2) is 5.78 Å². The molecule has 3 amide bonds. The highest BCUT2D eigenvalue weighted by atomic mass is 19.3. The number of cyclic esters (lactones) is 1. The molecule has 0 spiro atoms. The molecule has 2 aliphatic rings. The van der Waals surface area contributed by atoms with E-state index in [1.165, 1.54) is 35.5 Å². The van der Waals surface area contributed by atoms with Crippen molar-refractivity contribution in [3.8, 4) is 0 Å². The van der Waals surface area contributed by atoms with Gasteiger partial charge in [-0.1, -0.05) is 0 Å². The van der Waals surface area contributed by atoms with Crippen molar-refractivity contribution in [3.05, 3.63) is 42.5 Å². The van der Waals surface area contributed by atoms with Crippen molar-refractivity contribution in [3.63, 3.8) is 0 Å². The third-order valence-electron chi connectivity index (χ3n) is 5.61. The Labute approximate surface area is 203 Å². The predicted molar refractivity (Wildman–Crippen MR) is 120 cm³/mol. The molecule has 2 saturated heterocycles. The van der Waals surface area contributed by atoms with Gasteiger partial charge in [-0.3, -0.25) is 19.8 Å². The van der Waals surface area contributed by atoms with Crippen LogP contribution in [0.25, 0.3) is 0 Å². The number of rotatable bonds is 7. The quantitative estimate of drug-likeness (QED) is 0.607. The Bertz CT molecular complexity index is 1110. The predicted octanol–water partition coefficient (Wildman–Crippen LogP) is 2.84. The molecule has 1 N–H and O–H groups in total. The van der Waals surface area contributed by atoms with Gasteiger partial charge in [-0.15, -0.1) is 0 Å². The summed E-state index contributed by atoms with van der Waals surface area (Å²) in [5, 5.41) is 3.63. The number of nitrogens with zero attached hydrogens (tertiary/aromatic N) is 5. The minimum atomic E-state index is -3.07. The highest BCUT2D eigenvalue weighted by Crippen LogP contribution is 2.29. The van der Waals surface area contributed by atoms with Crippen molar-refractivity contribution in [2.24, 2.45) is 0 Å². The fraction of sp³-hybridized carbons (Fsp3) is 0.409. The molecule has 1 atom stereocenters. The van der Waals surface area contributed by atoms with Gasteiger partial charge in [0.05, 0.1) is 31.1 Å². The summed E-state index contributed by atoms with van der Waals surface area (Å²) in [7, 11) is 0. The molecule has 14 heteroatoms. The normalized spacial score (nSPS) is 18.3. The van der Waals surface area contributed by atoms with Crippen LogP contribution in [0.4, 0.5) is 40.1 Å². The Morgan fingerprint density at radius 2 is 1.94 bits per heavy atom. The molecule has 4 rings (SSSR count). The molecule has 2 aliphatic heterocycles. The number of halogens is 3. The van der Waals surface area contributed by atoms with Gasteiger partial charge in [-0.05, 0) is 30.7 Å². The highest BCUT2D eigenvalue weighted by Gasteiger charge is 2.34. The number of hydroxylamine groups is 2. The fourth-order valence-electron chi connectivity index (χ4n) is 3.79. The summed E-state index contributed by atoms with van der Waals surface area (Å²) in [5.41, 5.74) is 0.488. The van der Waals surface area contributed by atoms with Gasteiger partial charge < -0.3 is 9.64 Å². The SMILES string of the molecule is O=C(CC[C@H]1CN(c2ccc(N3CCON(C(=O)Nc4ncccn4)CC3)c(F)c2)C(=O)O1)C(F)F. The molecule has 192 valence electrons. The van der Waals surface area contributed by atoms with Crippen LogP contribution in [0, 0.1) is 5.82 Å². The maximum Gasteiger partial charge on any atom is 0.414 e. The zero-order valence-corrected chi connectivity index (χ0v) is 19.0. The summed E-state index contributed by atoms with van der Waals surface area (Å²) in [4.78, 5) is 52.0. The van der Waals surface area contributed by atoms with Gasteiger partial charge >= 0.3 is 12.1 Å². The van der Waals surface area contributed by atoms with Gasteiger partial charge in [-0.25, -0.2) is 37.8 Å². The smallest absolute Gasteiger partial charge is 0.414 e. The van der Waals surface area contributed by atoms with Crippen LogP contribution in [-0.4, -0.2) is 78.3 Å². The van der Waals surface area contributed by atoms with Crippen LogP contribution in [0.15, 0.2) is 36.7 Å². The van der Waals surface area contributed by atoms with E-state index >= 15 is 4.39 Å². The lowest BCUT2D eigenvalue weighted by Gasteiger charge is -2.24. The number of urea groups is 1. The lowest BCUT2D eigenvalue weighted by atomic mass is 10.1.